The summed E-state index contributed by atoms with van der Waals surface area (Å²) in [6.07, 6.45) is -5.16. The number of carboxylic acid groups (broad SMARTS) is 1. The number of aliphatic hydroxyl groups excluding tert-OH is 3. The van der Waals surface area contributed by atoms with Crippen LogP contribution in [0.1, 0.15) is 12.8 Å². The fraction of sp³-hybridized carbons (Fsp3) is 0.857. The Morgan fingerprint density at radius 1 is 1.14 bits per heavy atom. The number of rotatable bonds is 1. The molecule has 0 amide bonds. The van der Waals surface area contributed by atoms with Gasteiger partial charge in [0.2, 0.25) is 0 Å². The van der Waals surface area contributed by atoms with E-state index in [4.69, 9.17) is 20.4 Å². The van der Waals surface area contributed by atoms with Gasteiger partial charge in [-0.05, 0) is 0 Å². The molecule has 6 nitrogen and oxygen atoms in total. The molecule has 14 heavy (non-hydrogen) atoms. The van der Waals surface area contributed by atoms with E-state index in [1.807, 2.05) is 0 Å². The van der Waals surface area contributed by atoms with E-state index in [1.54, 1.807) is 0 Å². The van der Waals surface area contributed by atoms with E-state index in [1.165, 1.54) is 0 Å². The van der Waals surface area contributed by atoms with E-state index >= 15 is 0 Å². The molecule has 4 atom stereocenters. The molecular weight excluding hydrogens is 220 g/mol. The first-order valence-electron chi connectivity index (χ1n) is 3.87. The zero-order valence-electron chi connectivity index (χ0n) is 6.79. The van der Waals surface area contributed by atoms with E-state index in [0.717, 1.165) is 0 Å². The molecular formula is C7H14CaO6. The van der Waals surface area contributed by atoms with Crippen molar-refractivity contribution >= 4 is 43.7 Å². The van der Waals surface area contributed by atoms with Gasteiger partial charge in [0, 0.05) is 12.8 Å². The van der Waals surface area contributed by atoms with Crippen molar-refractivity contribution in [3.63, 3.8) is 0 Å². The number of carbonyl (C=O) groups is 1. The third-order valence-corrected chi connectivity index (χ3v) is 2.28. The summed E-state index contributed by atoms with van der Waals surface area (Å²) in [5, 5.41) is 45.2. The van der Waals surface area contributed by atoms with Crippen LogP contribution in [0, 0.1) is 0 Å². The van der Waals surface area contributed by atoms with Gasteiger partial charge < -0.3 is 25.5 Å². The Kier molecular flexibility index (Phi) is 5.27. The molecule has 0 radical (unpaired) electrons. The van der Waals surface area contributed by atoms with Crippen molar-refractivity contribution in [2.45, 2.75) is 36.8 Å². The summed E-state index contributed by atoms with van der Waals surface area (Å²) in [5.74, 6) is -1.50. The standard InChI is InChI=1S/C7H12O6.Ca.2H/c8-3-1-7(13,6(11)12)2-4(9)5(3)10;;;/h3-5,8-10,13H,1-2H2,(H,11,12);;;/t3-,4?,5-,7+;;;/m1.../s1. The maximum absolute atomic E-state index is 10.5. The second-order valence-corrected chi connectivity index (χ2v) is 3.37. The summed E-state index contributed by atoms with van der Waals surface area (Å²) in [5.41, 5.74) is -2.14. The predicted molar refractivity (Wildman–Crippen MR) is 48.4 cm³/mol. The molecule has 1 aliphatic carbocycles. The molecule has 0 heterocycles. The molecule has 1 unspecified atom stereocenters. The summed E-state index contributed by atoms with van der Waals surface area (Å²) < 4.78 is 0. The van der Waals surface area contributed by atoms with Crippen molar-refractivity contribution in [1.82, 2.24) is 0 Å². The average molecular weight is 234 g/mol. The SMILES string of the molecule is O=C(O)[C@@]1(O)CC(O)[C@H](O)[C@H](O)C1.[CaH2]. The van der Waals surface area contributed by atoms with Crippen LogP contribution in [0.15, 0.2) is 0 Å². The van der Waals surface area contributed by atoms with Gasteiger partial charge in [0.25, 0.3) is 0 Å². The molecule has 0 saturated heterocycles. The quantitative estimate of drug-likeness (QED) is 0.304. The van der Waals surface area contributed by atoms with E-state index in [0.29, 0.717) is 0 Å². The Bertz CT molecular complexity index is 208. The van der Waals surface area contributed by atoms with Crippen molar-refractivity contribution in [1.29, 1.82) is 0 Å². The first-order valence-corrected chi connectivity index (χ1v) is 3.87. The van der Waals surface area contributed by atoms with Gasteiger partial charge in [-0.3, -0.25) is 0 Å². The minimum atomic E-state index is -2.14. The Hall–Kier alpha value is 0.570. The van der Waals surface area contributed by atoms with Crippen molar-refractivity contribution in [3.05, 3.63) is 0 Å². The fourth-order valence-corrected chi connectivity index (χ4v) is 1.45. The average Bonchev–Trinajstić information content (AvgIpc) is 2.00. The Balaban J connectivity index is 0.00000169. The summed E-state index contributed by atoms with van der Waals surface area (Å²) in [6.45, 7) is 0. The van der Waals surface area contributed by atoms with E-state index in [9.17, 15) is 9.90 Å². The first-order chi connectivity index (χ1) is 5.87. The molecule has 80 valence electrons. The Morgan fingerprint density at radius 3 is 1.79 bits per heavy atom. The van der Waals surface area contributed by atoms with Crippen LogP contribution in [0.2, 0.25) is 0 Å². The van der Waals surface area contributed by atoms with Crippen molar-refractivity contribution in [2.75, 3.05) is 0 Å². The second-order valence-electron chi connectivity index (χ2n) is 3.37. The molecule has 1 saturated carbocycles. The molecule has 0 aromatic carbocycles. The van der Waals surface area contributed by atoms with Gasteiger partial charge in [-0.2, -0.15) is 0 Å². The number of aliphatic hydroxyl groups is 4. The number of carboxylic acids is 1. The van der Waals surface area contributed by atoms with Crippen molar-refractivity contribution < 1.29 is 30.3 Å². The molecule has 0 bridgehead atoms. The van der Waals surface area contributed by atoms with Crippen LogP contribution in [0.3, 0.4) is 0 Å². The summed E-state index contributed by atoms with van der Waals surface area (Å²) in [6, 6.07) is 0. The number of hydrogen-bond acceptors (Lipinski definition) is 5. The summed E-state index contributed by atoms with van der Waals surface area (Å²) >= 11 is 0. The van der Waals surface area contributed by atoms with Gasteiger partial charge >= 0.3 is 43.7 Å². The van der Waals surface area contributed by atoms with Crippen LogP contribution >= 0.6 is 0 Å². The predicted octanol–water partition coefficient (Wildman–Crippen LogP) is -3.24. The molecule has 0 spiro atoms. The van der Waals surface area contributed by atoms with Gasteiger partial charge in [-0.15, -0.1) is 0 Å². The maximum atomic E-state index is 10.5. The van der Waals surface area contributed by atoms with Crippen LogP contribution in [-0.4, -0.2) is 93.2 Å². The molecule has 0 aromatic rings. The molecule has 7 heteroatoms. The third-order valence-electron chi connectivity index (χ3n) is 2.28. The summed E-state index contributed by atoms with van der Waals surface area (Å²) in [7, 11) is 0. The normalized spacial score (nSPS) is 42.7. The van der Waals surface area contributed by atoms with Gasteiger partial charge in [0.05, 0.1) is 12.2 Å². The van der Waals surface area contributed by atoms with Gasteiger partial charge in [0.1, 0.15) is 6.10 Å². The van der Waals surface area contributed by atoms with Crippen molar-refractivity contribution in [3.8, 4) is 0 Å². The van der Waals surface area contributed by atoms with Gasteiger partial charge in [-0.1, -0.05) is 0 Å². The number of hydrogen-bond donors (Lipinski definition) is 5. The molecule has 0 aliphatic heterocycles. The monoisotopic (exact) mass is 234 g/mol. The Morgan fingerprint density at radius 2 is 1.50 bits per heavy atom. The molecule has 1 rings (SSSR count). The van der Waals surface area contributed by atoms with E-state index in [2.05, 4.69) is 0 Å². The molecule has 5 N–H and O–H groups in total. The zero-order chi connectivity index (χ0) is 10.2. The van der Waals surface area contributed by atoms with E-state index in [-0.39, 0.29) is 37.7 Å². The topological polar surface area (TPSA) is 118 Å². The minimum absolute atomic E-state index is 0. The van der Waals surface area contributed by atoms with Gasteiger partial charge in [-0.25, -0.2) is 4.79 Å². The Labute approximate surface area is 110 Å². The van der Waals surface area contributed by atoms with Crippen molar-refractivity contribution in [2.24, 2.45) is 0 Å². The van der Waals surface area contributed by atoms with Crippen LogP contribution in [0.5, 0.6) is 0 Å². The second kappa shape index (κ2) is 5.07. The summed E-state index contributed by atoms with van der Waals surface area (Å²) in [4.78, 5) is 10.5. The molecule has 0 aromatic heterocycles. The van der Waals surface area contributed by atoms with Crippen LogP contribution in [0.4, 0.5) is 0 Å². The first kappa shape index (κ1) is 14.6. The van der Waals surface area contributed by atoms with E-state index < -0.39 is 42.7 Å². The zero-order valence-corrected chi connectivity index (χ0v) is 6.79. The molecule has 1 aliphatic rings. The number of aliphatic carboxylic acids is 1. The van der Waals surface area contributed by atoms with Gasteiger partial charge in [0.15, 0.2) is 5.60 Å². The van der Waals surface area contributed by atoms with Crippen LogP contribution < -0.4 is 0 Å². The fourth-order valence-electron chi connectivity index (χ4n) is 1.45. The van der Waals surface area contributed by atoms with Crippen LogP contribution in [0.25, 0.3) is 0 Å². The third kappa shape index (κ3) is 2.79. The molecule has 1 fully saturated rings. The van der Waals surface area contributed by atoms with Crippen LogP contribution in [-0.2, 0) is 4.79 Å².